The maximum absolute atomic E-state index is 12.9. The summed E-state index contributed by atoms with van der Waals surface area (Å²) in [5.74, 6) is -0.358. The van der Waals surface area contributed by atoms with E-state index < -0.39 is 0 Å². The van der Waals surface area contributed by atoms with Gasteiger partial charge in [-0.1, -0.05) is 29.8 Å². The first-order chi connectivity index (χ1) is 7.75. The molecule has 1 nitrogen and oxygen atoms in total. The monoisotopic (exact) mass is 239 g/mol. The van der Waals surface area contributed by atoms with E-state index in [1.165, 1.54) is 25.3 Å². The number of rotatable bonds is 3. The Bertz CT molecular complexity index is 390. The van der Waals surface area contributed by atoms with Crippen LogP contribution in [0.15, 0.2) is 30.4 Å². The minimum atomic E-state index is -0.358. The van der Waals surface area contributed by atoms with Crippen LogP contribution in [0.25, 0.3) is 0 Å². The molecule has 0 amide bonds. The van der Waals surface area contributed by atoms with Crippen LogP contribution in [0, 0.1) is 5.82 Å². The lowest BCUT2D eigenvalue weighted by Crippen LogP contribution is -2.27. The normalized spacial score (nSPS) is 20.0. The van der Waals surface area contributed by atoms with Crippen molar-refractivity contribution in [1.82, 2.24) is 5.32 Å². The van der Waals surface area contributed by atoms with Gasteiger partial charge in [0.05, 0.1) is 5.02 Å². The molecule has 0 spiro atoms. The molecule has 0 heterocycles. The highest BCUT2D eigenvalue weighted by Gasteiger charge is 2.07. The summed E-state index contributed by atoms with van der Waals surface area (Å²) in [5, 5.41) is 3.61. The van der Waals surface area contributed by atoms with E-state index in [9.17, 15) is 4.39 Å². The van der Waals surface area contributed by atoms with Crippen LogP contribution in [0.2, 0.25) is 5.02 Å². The molecule has 0 aliphatic heterocycles. The van der Waals surface area contributed by atoms with Gasteiger partial charge in [-0.05, 0) is 37.0 Å². The molecule has 2 rings (SSSR count). The molecule has 0 saturated carbocycles. The third-order valence-electron chi connectivity index (χ3n) is 2.81. The highest BCUT2D eigenvalue weighted by Crippen LogP contribution is 2.16. The van der Waals surface area contributed by atoms with Crippen LogP contribution in [-0.4, -0.2) is 6.04 Å². The van der Waals surface area contributed by atoms with E-state index in [0.29, 0.717) is 6.04 Å². The quantitative estimate of drug-likeness (QED) is 0.794. The van der Waals surface area contributed by atoms with Gasteiger partial charge in [-0.15, -0.1) is 0 Å². The summed E-state index contributed by atoms with van der Waals surface area (Å²) in [6.45, 7) is 0.731. The fourth-order valence-electron chi connectivity index (χ4n) is 1.88. The van der Waals surface area contributed by atoms with Crippen molar-refractivity contribution >= 4 is 11.6 Å². The van der Waals surface area contributed by atoms with Crippen molar-refractivity contribution in [3.05, 3.63) is 46.8 Å². The number of benzene rings is 1. The Morgan fingerprint density at radius 3 is 3.00 bits per heavy atom. The van der Waals surface area contributed by atoms with Crippen LogP contribution < -0.4 is 5.32 Å². The maximum Gasteiger partial charge on any atom is 0.141 e. The van der Waals surface area contributed by atoms with E-state index in [-0.39, 0.29) is 10.8 Å². The van der Waals surface area contributed by atoms with Crippen molar-refractivity contribution in [3.63, 3.8) is 0 Å². The van der Waals surface area contributed by atoms with Gasteiger partial charge >= 0.3 is 0 Å². The van der Waals surface area contributed by atoms with Crippen LogP contribution in [0.3, 0.4) is 0 Å². The maximum atomic E-state index is 12.9. The van der Waals surface area contributed by atoms with Crippen molar-refractivity contribution < 1.29 is 4.39 Å². The molecule has 1 aromatic carbocycles. The Kier molecular flexibility index (Phi) is 3.97. The molecule has 16 heavy (non-hydrogen) atoms. The topological polar surface area (TPSA) is 12.0 Å². The Hall–Kier alpha value is -0.860. The van der Waals surface area contributed by atoms with Gasteiger partial charge in [-0.25, -0.2) is 4.39 Å². The first kappa shape index (κ1) is 11.6. The molecule has 1 N–H and O–H groups in total. The van der Waals surface area contributed by atoms with Gasteiger partial charge in [0, 0.05) is 12.6 Å². The van der Waals surface area contributed by atoms with Crippen LogP contribution in [0.5, 0.6) is 0 Å². The summed E-state index contributed by atoms with van der Waals surface area (Å²) in [5.41, 5.74) is 1.02. The van der Waals surface area contributed by atoms with Gasteiger partial charge in [0.15, 0.2) is 0 Å². The zero-order valence-corrected chi connectivity index (χ0v) is 9.80. The van der Waals surface area contributed by atoms with E-state index >= 15 is 0 Å². The van der Waals surface area contributed by atoms with Gasteiger partial charge in [0.1, 0.15) is 5.82 Å². The summed E-state index contributed by atoms with van der Waals surface area (Å²) in [6.07, 6.45) is 8.00. The first-order valence-electron chi connectivity index (χ1n) is 5.59. The Balaban J connectivity index is 1.91. The predicted molar refractivity (Wildman–Crippen MR) is 65.0 cm³/mol. The van der Waals surface area contributed by atoms with Crippen molar-refractivity contribution in [2.45, 2.75) is 31.8 Å². The SMILES string of the molecule is Fc1ccc(CNC2C=CCCC2)cc1Cl. The molecule has 0 radical (unpaired) electrons. The van der Waals surface area contributed by atoms with E-state index in [1.807, 2.05) is 0 Å². The molecule has 3 heteroatoms. The number of hydrogen-bond donors (Lipinski definition) is 1. The van der Waals surface area contributed by atoms with Crippen molar-refractivity contribution in [2.24, 2.45) is 0 Å². The second-order valence-electron chi connectivity index (χ2n) is 4.09. The average molecular weight is 240 g/mol. The summed E-state index contributed by atoms with van der Waals surface area (Å²) in [7, 11) is 0. The van der Waals surface area contributed by atoms with Gasteiger partial charge in [-0.3, -0.25) is 0 Å². The molecule has 1 aromatic rings. The fraction of sp³-hybridized carbons (Fsp3) is 0.385. The highest BCUT2D eigenvalue weighted by molar-refractivity contribution is 6.30. The number of hydrogen-bond acceptors (Lipinski definition) is 1. The lowest BCUT2D eigenvalue weighted by Gasteiger charge is -2.18. The van der Waals surface area contributed by atoms with Crippen molar-refractivity contribution in [1.29, 1.82) is 0 Å². The van der Waals surface area contributed by atoms with Gasteiger partial charge in [0.2, 0.25) is 0 Å². The molecule has 0 fully saturated rings. The Labute approximate surface area is 100 Å². The summed E-state index contributed by atoms with van der Waals surface area (Å²) in [4.78, 5) is 0. The highest BCUT2D eigenvalue weighted by atomic mass is 35.5. The van der Waals surface area contributed by atoms with Crippen LogP contribution >= 0.6 is 11.6 Å². The van der Waals surface area contributed by atoms with Crippen molar-refractivity contribution in [2.75, 3.05) is 0 Å². The first-order valence-corrected chi connectivity index (χ1v) is 5.97. The molecule has 1 aliphatic rings. The molecule has 0 bridgehead atoms. The molecule has 1 atom stereocenters. The second kappa shape index (κ2) is 5.46. The molecule has 1 unspecified atom stereocenters. The predicted octanol–water partition coefficient (Wildman–Crippen LogP) is 3.68. The lowest BCUT2D eigenvalue weighted by atomic mass is 10.0. The average Bonchev–Trinajstić information content (AvgIpc) is 2.32. The summed E-state index contributed by atoms with van der Waals surface area (Å²) in [6, 6.07) is 5.30. The van der Waals surface area contributed by atoms with E-state index in [2.05, 4.69) is 17.5 Å². The summed E-state index contributed by atoms with van der Waals surface area (Å²) < 4.78 is 12.9. The van der Waals surface area contributed by atoms with Crippen LogP contribution in [0.4, 0.5) is 4.39 Å². The molecule has 86 valence electrons. The molecular weight excluding hydrogens is 225 g/mol. The standard InChI is InChI=1S/C13H15ClFN/c14-12-8-10(6-7-13(12)15)9-16-11-4-2-1-3-5-11/h2,4,6-8,11,16H,1,3,5,9H2. The third kappa shape index (κ3) is 3.06. The zero-order chi connectivity index (χ0) is 11.4. The Morgan fingerprint density at radius 1 is 1.44 bits per heavy atom. The van der Waals surface area contributed by atoms with E-state index in [1.54, 1.807) is 12.1 Å². The number of nitrogens with one attached hydrogen (secondary N) is 1. The second-order valence-corrected chi connectivity index (χ2v) is 4.50. The smallest absolute Gasteiger partial charge is 0.141 e. The van der Waals surface area contributed by atoms with E-state index in [0.717, 1.165) is 12.1 Å². The van der Waals surface area contributed by atoms with Crippen LogP contribution in [-0.2, 0) is 6.54 Å². The fourth-order valence-corrected chi connectivity index (χ4v) is 2.08. The Morgan fingerprint density at radius 2 is 2.31 bits per heavy atom. The largest absolute Gasteiger partial charge is 0.306 e. The summed E-state index contributed by atoms with van der Waals surface area (Å²) >= 11 is 5.72. The van der Waals surface area contributed by atoms with Crippen LogP contribution in [0.1, 0.15) is 24.8 Å². The molecule has 1 aliphatic carbocycles. The van der Waals surface area contributed by atoms with Gasteiger partial charge < -0.3 is 5.32 Å². The van der Waals surface area contributed by atoms with Gasteiger partial charge in [0.25, 0.3) is 0 Å². The lowest BCUT2D eigenvalue weighted by molar-refractivity contribution is 0.522. The van der Waals surface area contributed by atoms with E-state index in [4.69, 9.17) is 11.6 Å². The van der Waals surface area contributed by atoms with Gasteiger partial charge in [-0.2, -0.15) is 0 Å². The van der Waals surface area contributed by atoms with Crippen molar-refractivity contribution in [3.8, 4) is 0 Å². The number of halogens is 2. The third-order valence-corrected chi connectivity index (χ3v) is 3.10. The number of allylic oxidation sites excluding steroid dienone is 1. The molecule has 0 saturated heterocycles. The molecule has 0 aromatic heterocycles. The minimum Gasteiger partial charge on any atom is -0.306 e. The zero-order valence-electron chi connectivity index (χ0n) is 9.05. The molecular formula is C13H15ClFN. The minimum absolute atomic E-state index is 0.193.